The van der Waals surface area contributed by atoms with Gasteiger partial charge in [-0.2, -0.15) is 4.98 Å². The summed E-state index contributed by atoms with van der Waals surface area (Å²) in [5.41, 5.74) is 8.21. The van der Waals surface area contributed by atoms with E-state index in [2.05, 4.69) is 14.8 Å². The molecule has 1 unspecified atom stereocenters. The quantitative estimate of drug-likeness (QED) is 0.805. The van der Waals surface area contributed by atoms with Crippen molar-refractivity contribution in [2.24, 2.45) is 0 Å². The molecular weight excluding hydrogens is 252 g/mol. The summed E-state index contributed by atoms with van der Waals surface area (Å²) in [6.07, 6.45) is 3.80. The molecule has 0 saturated carbocycles. The predicted molar refractivity (Wildman–Crippen MR) is 79.8 cm³/mol. The number of hydrogen-bond acceptors (Lipinski definition) is 5. The van der Waals surface area contributed by atoms with Gasteiger partial charge in [-0.1, -0.05) is 0 Å². The number of benzene rings is 1. The highest BCUT2D eigenvalue weighted by Gasteiger charge is 2.30. The fourth-order valence-electron chi connectivity index (χ4n) is 3.45. The number of nitrogens with two attached hydrogens (primary N) is 1. The maximum atomic E-state index is 5.91. The molecule has 0 amide bonds. The number of aromatic nitrogens is 1. The van der Waals surface area contributed by atoms with Crippen molar-refractivity contribution in [1.82, 2.24) is 9.88 Å². The fraction of sp³-hybridized carbons (Fsp3) is 0.533. The van der Waals surface area contributed by atoms with Crippen LogP contribution in [0.1, 0.15) is 19.3 Å². The van der Waals surface area contributed by atoms with Crippen LogP contribution in [0.15, 0.2) is 22.6 Å². The van der Waals surface area contributed by atoms with E-state index in [0.717, 1.165) is 35.9 Å². The first-order valence-electron chi connectivity index (χ1n) is 7.45. The van der Waals surface area contributed by atoms with Crippen molar-refractivity contribution in [3.63, 3.8) is 0 Å². The Morgan fingerprint density at radius 2 is 2.10 bits per heavy atom. The Balaban J connectivity index is 1.64. The van der Waals surface area contributed by atoms with Crippen LogP contribution in [0.4, 0.5) is 11.7 Å². The highest BCUT2D eigenvalue weighted by molar-refractivity contribution is 5.78. The second-order valence-corrected chi connectivity index (χ2v) is 5.86. The van der Waals surface area contributed by atoms with E-state index in [0.29, 0.717) is 6.04 Å². The third-order valence-electron chi connectivity index (χ3n) is 4.47. The minimum Gasteiger partial charge on any atom is -0.423 e. The molecule has 0 radical (unpaired) electrons. The van der Waals surface area contributed by atoms with Crippen LogP contribution in [0, 0.1) is 0 Å². The maximum Gasteiger partial charge on any atom is 0.298 e. The van der Waals surface area contributed by atoms with E-state index in [9.17, 15) is 0 Å². The first-order chi connectivity index (χ1) is 9.79. The summed E-state index contributed by atoms with van der Waals surface area (Å²) in [6.45, 7) is 4.51. The number of nitrogens with zero attached hydrogens (tertiary/aromatic N) is 3. The van der Waals surface area contributed by atoms with Gasteiger partial charge in [0.2, 0.25) is 0 Å². The number of rotatable bonds is 1. The molecule has 1 aromatic carbocycles. The zero-order valence-corrected chi connectivity index (χ0v) is 11.6. The first kappa shape index (κ1) is 12.0. The van der Waals surface area contributed by atoms with Crippen LogP contribution < -0.4 is 10.6 Å². The summed E-state index contributed by atoms with van der Waals surface area (Å²) in [4.78, 5) is 9.52. The van der Waals surface area contributed by atoms with E-state index in [1.165, 1.54) is 32.4 Å². The van der Waals surface area contributed by atoms with Crippen LogP contribution in [0.25, 0.3) is 11.1 Å². The molecule has 2 fully saturated rings. The number of nitrogen functional groups attached to an aromatic ring is 1. The lowest BCUT2D eigenvalue weighted by atomic mass is 10.2. The first-order valence-corrected chi connectivity index (χ1v) is 7.45. The molecule has 0 bridgehead atoms. The third kappa shape index (κ3) is 2.02. The average Bonchev–Trinajstić information content (AvgIpc) is 3.00. The highest BCUT2D eigenvalue weighted by atomic mass is 16.4. The van der Waals surface area contributed by atoms with Crippen molar-refractivity contribution in [3.8, 4) is 0 Å². The summed E-state index contributed by atoms with van der Waals surface area (Å²) in [5.74, 6) is 0. The van der Waals surface area contributed by atoms with Gasteiger partial charge in [-0.05, 0) is 44.0 Å². The Morgan fingerprint density at radius 1 is 1.20 bits per heavy atom. The van der Waals surface area contributed by atoms with Crippen molar-refractivity contribution in [2.75, 3.05) is 36.8 Å². The summed E-state index contributed by atoms with van der Waals surface area (Å²) >= 11 is 0. The normalized spacial score (nSPS) is 24.0. The van der Waals surface area contributed by atoms with E-state index in [1.807, 2.05) is 18.2 Å². The molecule has 2 N–H and O–H groups in total. The topological polar surface area (TPSA) is 58.5 Å². The minimum atomic E-state index is 0.664. The third-order valence-corrected chi connectivity index (χ3v) is 4.47. The number of fused-ring (bicyclic) bond motifs is 2. The molecule has 5 heteroatoms. The van der Waals surface area contributed by atoms with Crippen molar-refractivity contribution in [1.29, 1.82) is 0 Å². The van der Waals surface area contributed by atoms with Gasteiger partial charge in [0.15, 0.2) is 5.58 Å². The fourth-order valence-corrected chi connectivity index (χ4v) is 3.45. The van der Waals surface area contributed by atoms with Gasteiger partial charge in [-0.15, -0.1) is 0 Å². The smallest absolute Gasteiger partial charge is 0.298 e. The van der Waals surface area contributed by atoms with Gasteiger partial charge in [0.05, 0.1) is 0 Å². The molecule has 3 heterocycles. The second kappa shape index (κ2) is 4.66. The van der Waals surface area contributed by atoms with Gasteiger partial charge >= 0.3 is 0 Å². The van der Waals surface area contributed by atoms with E-state index < -0.39 is 0 Å². The van der Waals surface area contributed by atoms with Crippen LogP contribution in [0.5, 0.6) is 0 Å². The van der Waals surface area contributed by atoms with Gasteiger partial charge in [-0.25, -0.2) is 0 Å². The Morgan fingerprint density at radius 3 is 3.05 bits per heavy atom. The molecule has 4 rings (SSSR count). The van der Waals surface area contributed by atoms with Crippen LogP contribution in [-0.4, -0.2) is 42.1 Å². The van der Waals surface area contributed by atoms with Crippen molar-refractivity contribution in [2.45, 2.75) is 25.3 Å². The molecule has 106 valence electrons. The molecule has 1 atom stereocenters. The van der Waals surface area contributed by atoms with Crippen LogP contribution in [-0.2, 0) is 0 Å². The summed E-state index contributed by atoms with van der Waals surface area (Å²) in [7, 11) is 0. The molecule has 0 spiro atoms. The molecule has 2 aliphatic rings. The SMILES string of the molecule is Nc1ccc2oc(N3CCCN4CCCC4C3)nc2c1. The van der Waals surface area contributed by atoms with E-state index in [4.69, 9.17) is 10.2 Å². The number of oxazole rings is 1. The maximum absolute atomic E-state index is 5.91. The summed E-state index contributed by atoms with van der Waals surface area (Å²) in [5, 5.41) is 0. The van der Waals surface area contributed by atoms with Gasteiger partial charge in [0.25, 0.3) is 6.01 Å². The van der Waals surface area contributed by atoms with Crippen LogP contribution in [0.3, 0.4) is 0 Å². The molecule has 1 aromatic heterocycles. The molecule has 2 saturated heterocycles. The zero-order chi connectivity index (χ0) is 13.5. The molecule has 2 aliphatic heterocycles. The van der Waals surface area contributed by atoms with Crippen molar-refractivity contribution in [3.05, 3.63) is 18.2 Å². The van der Waals surface area contributed by atoms with Gasteiger partial charge in [-0.3, -0.25) is 4.90 Å². The Hall–Kier alpha value is -1.75. The molecule has 0 aliphatic carbocycles. The van der Waals surface area contributed by atoms with Crippen LogP contribution >= 0.6 is 0 Å². The number of anilines is 2. The average molecular weight is 272 g/mol. The van der Waals surface area contributed by atoms with E-state index >= 15 is 0 Å². The standard InChI is InChI=1S/C15H20N4O/c16-11-4-5-14-13(9-11)17-15(20-14)19-8-2-7-18-6-1-3-12(18)10-19/h4-5,9,12H,1-3,6-8,10,16H2. The molecule has 2 aromatic rings. The monoisotopic (exact) mass is 272 g/mol. The minimum absolute atomic E-state index is 0.664. The van der Waals surface area contributed by atoms with Crippen molar-refractivity contribution >= 4 is 22.8 Å². The number of hydrogen-bond donors (Lipinski definition) is 1. The van der Waals surface area contributed by atoms with Crippen LogP contribution in [0.2, 0.25) is 0 Å². The predicted octanol–water partition coefficient (Wildman–Crippen LogP) is 2.08. The molecule has 5 nitrogen and oxygen atoms in total. The Bertz CT molecular complexity index is 623. The lowest BCUT2D eigenvalue weighted by Gasteiger charge is -2.24. The summed E-state index contributed by atoms with van der Waals surface area (Å²) in [6, 6.07) is 7.05. The Labute approximate surface area is 118 Å². The van der Waals surface area contributed by atoms with E-state index in [-0.39, 0.29) is 0 Å². The largest absolute Gasteiger partial charge is 0.423 e. The lowest BCUT2D eigenvalue weighted by Crippen LogP contribution is -2.36. The highest BCUT2D eigenvalue weighted by Crippen LogP contribution is 2.27. The Kier molecular flexibility index (Phi) is 2.80. The summed E-state index contributed by atoms with van der Waals surface area (Å²) < 4.78 is 5.91. The van der Waals surface area contributed by atoms with Gasteiger partial charge in [0.1, 0.15) is 5.52 Å². The molecular formula is C15H20N4O. The van der Waals surface area contributed by atoms with Gasteiger partial charge in [0, 0.05) is 31.4 Å². The lowest BCUT2D eigenvalue weighted by molar-refractivity contribution is 0.272. The van der Waals surface area contributed by atoms with Crippen molar-refractivity contribution < 1.29 is 4.42 Å². The van der Waals surface area contributed by atoms with E-state index in [1.54, 1.807) is 0 Å². The van der Waals surface area contributed by atoms with Gasteiger partial charge < -0.3 is 15.1 Å². The zero-order valence-electron chi connectivity index (χ0n) is 11.6. The second-order valence-electron chi connectivity index (χ2n) is 5.86. The molecule has 20 heavy (non-hydrogen) atoms.